The molecule has 2 aromatic rings. The molecule has 0 saturated carbocycles. The molecule has 2 aromatic carbocycles. The van der Waals surface area contributed by atoms with Crippen molar-refractivity contribution in [2.75, 3.05) is 7.05 Å². The fourth-order valence-corrected chi connectivity index (χ4v) is 2.92. The largest absolute Gasteiger partial charge is 0.313 e. The monoisotopic (exact) mass is 359 g/mol. The summed E-state index contributed by atoms with van der Waals surface area (Å²) in [5, 5.41) is 3.52. The molecule has 20 heavy (non-hydrogen) atoms. The van der Waals surface area contributed by atoms with Crippen molar-refractivity contribution in [2.24, 2.45) is 0 Å². The van der Waals surface area contributed by atoms with Gasteiger partial charge in [0.1, 0.15) is 11.6 Å². The van der Waals surface area contributed by atoms with Gasteiger partial charge in [-0.05, 0) is 49.4 Å². The minimum atomic E-state index is -0.355. The summed E-state index contributed by atoms with van der Waals surface area (Å²) in [4.78, 5) is 0. The van der Waals surface area contributed by atoms with E-state index in [4.69, 9.17) is 11.6 Å². The molecule has 0 fully saturated rings. The molecule has 0 saturated heterocycles. The molecule has 0 aliphatic rings. The van der Waals surface area contributed by atoms with E-state index in [1.807, 2.05) is 0 Å². The van der Waals surface area contributed by atoms with Gasteiger partial charge in [-0.15, -0.1) is 0 Å². The number of benzene rings is 2. The van der Waals surface area contributed by atoms with Gasteiger partial charge in [0, 0.05) is 21.1 Å². The van der Waals surface area contributed by atoms with Crippen molar-refractivity contribution >= 4 is 27.5 Å². The second kappa shape index (κ2) is 6.66. The Morgan fingerprint density at radius 2 is 2.00 bits per heavy atom. The number of rotatable bonds is 4. The second-order valence-corrected chi connectivity index (χ2v) is 5.68. The van der Waals surface area contributed by atoms with E-state index >= 15 is 0 Å². The van der Waals surface area contributed by atoms with E-state index in [2.05, 4.69) is 21.2 Å². The van der Waals surface area contributed by atoms with Crippen LogP contribution in [-0.4, -0.2) is 7.05 Å². The van der Waals surface area contributed by atoms with Crippen LogP contribution in [0.3, 0.4) is 0 Å². The lowest BCUT2D eigenvalue weighted by molar-refractivity contribution is 0.530. The van der Waals surface area contributed by atoms with Crippen molar-refractivity contribution in [1.82, 2.24) is 5.32 Å². The van der Waals surface area contributed by atoms with Gasteiger partial charge in [0.05, 0.1) is 0 Å². The van der Waals surface area contributed by atoms with Crippen molar-refractivity contribution in [2.45, 2.75) is 12.5 Å². The molecule has 1 N–H and O–H groups in total. The van der Waals surface area contributed by atoms with Crippen molar-refractivity contribution < 1.29 is 8.78 Å². The SMILES string of the molecule is CNC(Cc1cc(F)ccc1Cl)c1c(F)cccc1Br. The maximum atomic E-state index is 14.0. The van der Waals surface area contributed by atoms with E-state index in [1.54, 1.807) is 19.2 Å². The molecule has 106 valence electrons. The van der Waals surface area contributed by atoms with Crippen LogP contribution >= 0.6 is 27.5 Å². The summed E-state index contributed by atoms with van der Waals surface area (Å²) < 4.78 is 28.0. The quantitative estimate of drug-likeness (QED) is 0.819. The van der Waals surface area contributed by atoms with Gasteiger partial charge in [-0.3, -0.25) is 0 Å². The van der Waals surface area contributed by atoms with Gasteiger partial charge in [-0.1, -0.05) is 33.6 Å². The highest BCUT2D eigenvalue weighted by molar-refractivity contribution is 9.10. The maximum absolute atomic E-state index is 14.0. The first-order valence-corrected chi connectivity index (χ1v) is 7.25. The lowest BCUT2D eigenvalue weighted by Crippen LogP contribution is -2.21. The minimum Gasteiger partial charge on any atom is -0.313 e. The van der Waals surface area contributed by atoms with Crippen LogP contribution in [0.2, 0.25) is 5.02 Å². The fraction of sp³-hybridized carbons (Fsp3) is 0.200. The second-order valence-electron chi connectivity index (χ2n) is 4.42. The zero-order valence-electron chi connectivity index (χ0n) is 10.8. The van der Waals surface area contributed by atoms with Crippen LogP contribution in [0.15, 0.2) is 40.9 Å². The molecule has 1 atom stereocenters. The average Bonchev–Trinajstić information content (AvgIpc) is 2.41. The Hall–Kier alpha value is -0.970. The molecular weight excluding hydrogens is 348 g/mol. The van der Waals surface area contributed by atoms with Gasteiger partial charge < -0.3 is 5.32 Å². The van der Waals surface area contributed by atoms with E-state index in [1.165, 1.54) is 24.3 Å². The third kappa shape index (κ3) is 3.37. The standard InChI is InChI=1S/C15H13BrClF2N/c1-20-14(15-11(16)3-2-4-13(15)19)8-9-7-10(18)5-6-12(9)17/h2-7,14,20H,8H2,1H3. The highest BCUT2D eigenvalue weighted by Gasteiger charge is 2.19. The number of nitrogens with one attached hydrogen (secondary N) is 1. The number of hydrogen-bond acceptors (Lipinski definition) is 1. The fourth-order valence-electron chi connectivity index (χ4n) is 2.11. The molecule has 0 bridgehead atoms. The van der Waals surface area contributed by atoms with Gasteiger partial charge in [-0.25, -0.2) is 8.78 Å². The Morgan fingerprint density at radius 3 is 2.65 bits per heavy atom. The van der Waals surface area contributed by atoms with Crippen LogP contribution in [0.25, 0.3) is 0 Å². The van der Waals surface area contributed by atoms with Crippen molar-refractivity contribution in [3.05, 3.63) is 68.7 Å². The van der Waals surface area contributed by atoms with Gasteiger partial charge >= 0.3 is 0 Å². The predicted octanol–water partition coefficient (Wildman–Crippen LogP) is 4.88. The van der Waals surface area contributed by atoms with E-state index < -0.39 is 0 Å². The van der Waals surface area contributed by atoms with Gasteiger partial charge in [0.25, 0.3) is 0 Å². The summed E-state index contributed by atoms with van der Waals surface area (Å²) in [5.41, 5.74) is 1.15. The number of likely N-dealkylation sites (N-methyl/N-ethyl adjacent to an activating group) is 1. The molecule has 0 heterocycles. The van der Waals surface area contributed by atoms with Crippen LogP contribution < -0.4 is 5.32 Å². The topological polar surface area (TPSA) is 12.0 Å². The molecule has 0 aliphatic carbocycles. The van der Waals surface area contributed by atoms with Gasteiger partial charge in [-0.2, -0.15) is 0 Å². The minimum absolute atomic E-state index is 0.301. The molecule has 2 rings (SSSR count). The number of halogens is 4. The summed E-state index contributed by atoms with van der Waals surface area (Å²) in [7, 11) is 1.73. The maximum Gasteiger partial charge on any atom is 0.129 e. The van der Waals surface area contributed by atoms with Gasteiger partial charge in [0.2, 0.25) is 0 Å². The molecular formula is C15H13BrClF2N. The van der Waals surface area contributed by atoms with Crippen LogP contribution in [0.4, 0.5) is 8.78 Å². The highest BCUT2D eigenvalue weighted by Crippen LogP contribution is 2.30. The molecule has 0 aromatic heterocycles. The molecule has 5 heteroatoms. The highest BCUT2D eigenvalue weighted by atomic mass is 79.9. The number of hydrogen-bond donors (Lipinski definition) is 1. The molecule has 1 nitrogen and oxygen atoms in total. The van der Waals surface area contributed by atoms with Crippen molar-refractivity contribution in [3.63, 3.8) is 0 Å². The Bertz CT molecular complexity index is 599. The summed E-state index contributed by atoms with van der Waals surface area (Å²) in [5.74, 6) is -0.668. The summed E-state index contributed by atoms with van der Waals surface area (Å²) in [6.45, 7) is 0. The lowest BCUT2D eigenvalue weighted by Gasteiger charge is -2.19. The Balaban J connectivity index is 2.36. The predicted molar refractivity (Wildman–Crippen MR) is 81.0 cm³/mol. The first-order valence-electron chi connectivity index (χ1n) is 6.08. The van der Waals surface area contributed by atoms with Crippen LogP contribution in [0, 0.1) is 11.6 Å². The molecule has 1 unspecified atom stereocenters. The summed E-state index contributed by atoms with van der Waals surface area (Å²) >= 11 is 9.41. The smallest absolute Gasteiger partial charge is 0.129 e. The molecule has 0 amide bonds. The zero-order chi connectivity index (χ0) is 14.7. The van der Waals surface area contributed by atoms with Crippen LogP contribution in [-0.2, 0) is 6.42 Å². The zero-order valence-corrected chi connectivity index (χ0v) is 13.1. The van der Waals surface area contributed by atoms with Gasteiger partial charge in [0.15, 0.2) is 0 Å². The Kier molecular flexibility index (Phi) is 5.13. The van der Waals surface area contributed by atoms with E-state index in [-0.39, 0.29) is 17.7 Å². The summed E-state index contributed by atoms with van der Waals surface area (Å²) in [6.07, 6.45) is 0.395. The normalized spacial score (nSPS) is 12.4. The third-order valence-corrected chi connectivity index (χ3v) is 4.19. The lowest BCUT2D eigenvalue weighted by atomic mass is 9.98. The first kappa shape index (κ1) is 15.4. The Morgan fingerprint density at radius 1 is 1.25 bits per heavy atom. The Labute approximate surface area is 130 Å². The van der Waals surface area contributed by atoms with Crippen LogP contribution in [0.5, 0.6) is 0 Å². The molecule has 0 radical (unpaired) electrons. The first-order chi connectivity index (χ1) is 9.52. The summed E-state index contributed by atoms with van der Waals surface area (Å²) in [6, 6.07) is 8.69. The van der Waals surface area contributed by atoms with E-state index in [0.717, 1.165) is 0 Å². The molecule has 0 spiro atoms. The van der Waals surface area contributed by atoms with Crippen LogP contribution in [0.1, 0.15) is 17.2 Å². The van der Waals surface area contributed by atoms with E-state index in [9.17, 15) is 8.78 Å². The van der Waals surface area contributed by atoms with Crippen molar-refractivity contribution in [1.29, 1.82) is 0 Å². The molecule has 0 aliphatic heterocycles. The van der Waals surface area contributed by atoms with E-state index in [0.29, 0.717) is 27.0 Å². The van der Waals surface area contributed by atoms with Crippen molar-refractivity contribution in [3.8, 4) is 0 Å². The third-order valence-electron chi connectivity index (χ3n) is 3.13. The average molecular weight is 361 g/mol.